The second-order valence-corrected chi connectivity index (χ2v) is 5.57. The summed E-state index contributed by atoms with van der Waals surface area (Å²) in [7, 11) is 3.92. The number of amides is 1. The van der Waals surface area contributed by atoms with E-state index in [0.717, 1.165) is 31.9 Å². The Morgan fingerprint density at radius 1 is 1.50 bits per heavy atom. The predicted octanol–water partition coefficient (Wildman–Crippen LogP) is 0.153. The second kappa shape index (κ2) is 6.37. The van der Waals surface area contributed by atoms with Gasteiger partial charge < -0.3 is 10.2 Å². The Labute approximate surface area is 120 Å². The molecule has 0 spiro atoms. The molecule has 6 heteroatoms. The summed E-state index contributed by atoms with van der Waals surface area (Å²) in [5.41, 5.74) is 2.21. The van der Waals surface area contributed by atoms with Crippen LogP contribution in [0.4, 0.5) is 0 Å². The van der Waals surface area contributed by atoms with Crippen molar-refractivity contribution in [3.63, 3.8) is 0 Å². The van der Waals surface area contributed by atoms with Crippen LogP contribution in [0, 0.1) is 6.92 Å². The third kappa shape index (κ3) is 3.37. The first-order valence-electron chi connectivity index (χ1n) is 7.18. The molecule has 0 radical (unpaired) electrons. The maximum atomic E-state index is 12.3. The molecule has 6 nitrogen and oxygen atoms in total. The molecule has 1 saturated heterocycles. The van der Waals surface area contributed by atoms with Gasteiger partial charge in [-0.1, -0.05) is 0 Å². The van der Waals surface area contributed by atoms with Crippen molar-refractivity contribution in [2.45, 2.75) is 19.9 Å². The van der Waals surface area contributed by atoms with Gasteiger partial charge >= 0.3 is 0 Å². The Kier molecular flexibility index (Phi) is 4.77. The van der Waals surface area contributed by atoms with E-state index in [9.17, 15) is 4.79 Å². The topological polar surface area (TPSA) is 53.4 Å². The average Bonchev–Trinajstić information content (AvgIpc) is 2.77. The zero-order chi connectivity index (χ0) is 14.7. The molecule has 1 atom stereocenters. The molecular formula is C14H25N5O. The average molecular weight is 279 g/mol. The van der Waals surface area contributed by atoms with Crippen LogP contribution in [0.25, 0.3) is 0 Å². The molecule has 0 aromatic carbocycles. The predicted molar refractivity (Wildman–Crippen MR) is 78.4 cm³/mol. The molecule has 1 aromatic heterocycles. The summed E-state index contributed by atoms with van der Waals surface area (Å²) in [6.45, 7) is 8.00. The van der Waals surface area contributed by atoms with Gasteiger partial charge in [0.2, 0.25) is 5.91 Å². The van der Waals surface area contributed by atoms with E-state index < -0.39 is 0 Å². The van der Waals surface area contributed by atoms with Crippen LogP contribution in [0.2, 0.25) is 0 Å². The van der Waals surface area contributed by atoms with Crippen molar-refractivity contribution in [2.75, 3.05) is 39.8 Å². The highest BCUT2D eigenvalue weighted by atomic mass is 16.2. The monoisotopic (exact) mass is 279 g/mol. The normalized spacial score (nSPS) is 17.6. The Bertz CT molecular complexity index is 464. The molecule has 2 rings (SSSR count). The molecule has 1 aromatic rings. The molecule has 0 bridgehead atoms. The Morgan fingerprint density at radius 2 is 2.15 bits per heavy atom. The minimum absolute atomic E-state index is 0.190. The lowest BCUT2D eigenvalue weighted by Crippen LogP contribution is -2.49. The number of aromatic nitrogens is 2. The molecule has 20 heavy (non-hydrogen) atoms. The summed E-state index contributed by atoms with van der Waals surface area (Å²) in [5, 5.41) is 7.63. The summed E-state index contributed by atoms with van der Waals surface area (Å²) >= 11 is 0. The zero-order valence-electron chi connectivity index (χ0n) is 12.9. The zero-order valence-corrected chi connectivity index (χ0v) is 12.9. The minimum Gasteiger partial charge on any atom is -0.339 e. The largest absolute Gasteiger partial charge is 0.339 e. The molecule has 1 aliphatic heterocycles. The fraction of sp³-hybridized carbons (Fsp3) is 0.714. The van der Waals surface area contributed by atoms with Gasteiger partial charge in [-0.2, -0.15) is 5.10 Å². The lowest BCUT2D eigenvalue weighted by atomic mass is 10.1. The van der Waals surface area contributed by atoms with E-state index in [1.54, 1.807) is 0 Å². The van der Waals surface area contributed by atoms with Crippen molar-refractivity contribution in [1.29, 1.82) is 0 Å². The minimum atomic E-state index is 0.190. The maximum absolute atomic E-state index is 12.3. The second-order valence-electron chi connectivity index (χ2n) is 5.57. The summed E-state index contributed by atoms with van der Waals surface area (Å²) in [4.78, 5) is 16.3. The van der Waals surface area contributed by atoms with E-state index >= 15 is 0 Å². The quantitative estimate of drug-likeness (QED) is 0.852. The molecule has 1 N–H and O–H groups in total. The first kappa shape index (κ1) is 15.0. The molecule has 2 heterocycles. The van der Waals surface area contributed by atoms with E-state index in [2.05, 4.69) is 22.2 Å². The van der Waals surface area contributed by atoms with Crippen LogP contribution in [-0.4, -0.2) is 65.3 Å². The highest BCUT2D eigenvalue weighted by Gasteiger charge is 2.22. The lowest BCUT2D eigenvalue weighted by molar-refractivity contribution is -0.133. The highest BCUT2D eigenvalue weighted by Crippen LogP contribution is 2.21. The molecule has 0 saturated carbocycles. The molecule has 1 unspecified atom stereocenters. The van der Waals surface area contributed by atoms with E-state index in [-0.39, 0.29) is 11.9 Å². The third-order valence-corrected chi connectivity index (χ3v) is 4.02. The lowest BCUT2D eigenvalue weighted by Gasteiger charge is -2.31. The number of hydrogen-bond donors (Lipinski definition) is 1. The van der Waals surface area contributed by atoms with Crippen LogP contribution in [0.5, 0.6) is 0 Å². The van der Waals surface area contributed by atoms with Crippen molar-refractivity contribution in [2.24, 2.45) is 7.05 Å². The van der Waals surface area contributed by atoms with Crippen molar-refractivity contribution in [3.05, 3.63) is 17.5 Å². The number of likely N-dealkylation sites (N-methyl/N-ethyl adjacent to an activating group) is 1. The molecule has 0 aliphatic carbocycles. The van der Waals surface area contributed by atoms with Gasteiger partial charge in [-0.25, -0.2) is 0 Å². The van der Waals surface area contributed by atoms with Gasteiger partial charge in [0.15, 0.2) is 0 Å². The van der Waals surface area contributed by atoms with Gasteiger partial charge in [0.25, 0.3) is 0 Å². The SMILES string of the molecule is Cc1nn(C)cc1C(C)N(C)CC(=O)N1CCNCC1. The number of carbonyl (C=O) groups is 1. The first-order valence-corrected chi connectivity index (χ1v) is 7.18. The molecule has 1 aliphatic rings. The molecule has 1 amide bonds. The van der Waals surface area contributed by atoms with Crippen molar-refractivity contribution in [3.8, 4) is 0 Å². The molecule has 112 valence electrons. The van der Waals surface area contributed by atoms with Crippen LogP contribution in [0.1, 0.15) is 24.2 Å². The first-order chi connectivity index (χ1) is 9.49. The van der Waals surface area contributed by atoms with Crippen molar-refractivity contribution < 1.29 is 4.79 Å². The van der Waals surface area contributed by atoms with E-state index in [4.69, 9.17) is 0 Å². The highest BCUT2D eigenvalue weighted by molar-refractivity contribution is 5.78. The summed E-state index contributed by atoms with van der Waals surface area (Å²) in [6, 6.07) is 0.190. The van der Waals surface area contributed by atoms with E-state index in [1.165, 1.54) is 5.56 Å². The molecular weight excluding hydrogens is 254 g/mol. The summed E-state index contributed by atoms with van der Waals surface area (Å²) in [6.07, 6.45) is 2.03. The standard InChI is InChI=1S/C14H25N5O/c1-11-13(9-18(4)16-11)12(2)17(3)10-14(20)19-7-5-15-6-8-19/h9,12,15H,5-8,10H2,1-4H3. The van der Waals surface area contributed by atoms with Crippen LogP contribution in [0.3, 0.4) is 0 Å². The number of aryl methyl sites for hydroxylation is 2. The fourth-order valence-corrected chi connectivity index (χ4v) is 2.63. The number of rotatable bonds is 4. The van der Waals surface area contributed by atoms with E-state index in [0.29, 0.717) is 6.54 Å². The Morgan fingerprint density at radius 3 is 2.70 bits per heavy atom. The smallest absolute Gasteiger partial charge is 0.236 e. The number of piperazine rings is 1. The number of nitrogens with one attached hydrogen (secondary N) is 1. The van der Waals surface area contributed by atoms with Crippen molar-refractivity contribution in [1.82, 2.24) is 24.9 Å². The van der Waals surface area contributed by atoms with Crippen LogP contribution >= 0.6 is 0 Å². The Balaban J connectivity index is 1.95. The fourth-order valence-electron chi connectivity index (χ4n) is 2.63. The summed E-state index contributed by atoms with van der Waals surface area (Å²) in [5.74, 6) is 0.211. The van der Waals surface area contributed by atoms with Crippen LogP contribution in [-0.2, 0) is 11.8 Å². The van der Waals surface area contributed by atoms with Gasteiger partial charge in [0.1, 0.15) is 0 Å². The molecule has 1 fully saturated rings. The summed E-state index contributed by atoms with van der Waals surface area (Å²) < 4.78 is 1.83. The van der Waals surface area contributed by atoms with Crippen LogP contribution < -0.4 is 5.32 Å². The Hall–Kier alpha value is -1.40. The van der Waals surface area contributed by atoms with Gasteiger partial charge in [-0.05, 0) is 20.9 Å². The van der Waals surface area contributed by atoms with Gasteiger partial charge in [0.05, 0.1) is 12.2 Å². The van der Waals surface area contributed by atoms with Gasteiger partial charge in [0, 0.05) is 51.0 Å². The van der Waals surface area contributed by atoms with Crippen molar-refractivity contribution >= 4 is 5.91 Å². The van der Waals surface area contributed by atoms with Gasteiger partial charge in [-0.3, -0.25) is 14.4 Å². The maximum Gasteiger partial charge on any atom is 0.236 e. The third-order valence-electron chi connectivity index (χ3n) is 4.02. The number of nitrogens with zero attached hydrogens (tertiary/aromatic N) is 4. The number of carbonyl (C=O) groups excluding carboxylic acids is 1. The number of hydrogen-bond acceptors (Lipinski definition) is 4. The van der Waals surface area contributed by atoms with Gasteiger partial charge in [-0.15, -0.1) is 0 Å². The van der Waals surface area contributed by atoms with Crippen LogP contribution in [0.15, 0.2) is 6.20 Å². The van der Waals surface area contributed by atoms with E-state index in [1.807, 2.05) is 36.8 Å².